The maximum absolute atomic E-state index is 11.9. The van der Waals surface area contributed by atoms with Gasteiger partial charge in [0.2, 0.25) is 0 Å². The number of ether oxygens (including phenoxy) is 1. The van der Waals surface area contributed by atoms with Gasteiger partial charge < -0.3 is 10.1 Å². The van der Waals surface area contributed by atoms with Crippen LogP contribution in [0.15, 0.2) is 17.1 Å². The highest BCUT2D eigenvalue weighted by Gasteiger charge is 2.15. The number of nitrogens with zero attached hydrogens (tertiary/aromatic N) is 2. The van der Waals surface area contributed by atoms with E-state index in [4.69, 9.17) is 4.74 Å². The zero-order valence-corrected chi connectivity index (χ0v) is 11.8. The minimum absolute atomic E-state index is 0.0493. The van der Waals surface area contributed by atoms with Gasteiger partial charge in [0, 0.05) is 25.8 Å². The molecule has 2 rings (SSSR count). The van der Waals surface area contributed by atoms with Crippen molar-refractivity contribution in [2.24, 2.45) is 5.92 Å². The van der Waals surface area contributed by atoms with Crippen LogP contribution in [-0.4, -0.2) is 29.0 Å². The van der Waals surface area contributed by atoms with E-state index in [-0.39, 0.29) is 5.56 Å². The van der Waals surface area contributed by atoms with Gasteiger partial charge in [0.15, 0.2) is 0 Å². The lowest BCUT2D eigenvalue weighted by atomic mass is 10.2. The topological polar surface area (TPSA) is 56.1 Å². The first-order chi connectivity index (χ1) is 9.15. The second-order valence-corrected chi connectivity index (χ2v) is 5.50. The molecule has 0 bridgehead atoms. The summed E-state index contributed by atoms with van der Waals surface area (Å²) in [6, 6.07) is 1.62. The van der Waals surface area contributed by atoms with Crippen molar-refractivity contribution in [2.45, 2.75) is 45.8 Å². The molecule has 0 radical (unpaired) electrons. The quantitative estimate of drug-likeness (QED) is 0.853. The van der Waals surface area contributed by atoms with Crippen LogP contribution in [0.25, 0.3) is 0 Å². The van der Waals surface area contributed by atoms with Crippen molar-refractivity contribution in [1.29, 1.82) is 0 Å². The molecule has 0 spiro atoms. The summed E-state index contributed by atoms with van der Waals surface area (Å²) in [4.78, 5) is 11.9. The normalized spacial score (nSPS) is 19.0. The Morgan fingerprint density at radius 2 is 2.42 bits per heavy atom. The lowest BCUT2D eigenvalue weighted by Gasteiger charge is -2.11. The van der Waals surface area contributed by atoms with Crippen molar-refractivity contribution in [1.82, 2.24) is 9.78 Å². The Morgan fingerprint density at radius 3 is 3.05 bits per heavy atom. The molecule has 1 aliphatic rings. The van der Waals surface area contributed by atoms with Gasteiger partial charge in [-0.1, -0.05) is 13.8 Å². The fourth-order valence-electron chi connectivity index (χ4n) is 2.16. The Hall–Kier alpha value is -1.36. The second-order valence-electron chi connectivity index (χ2n) is 5.50. The maximum Gasteiger partial charge on any atom is 0.268 e. The number of nitrogens with one attached hydrogen (secondary N) is 1. The van der Waals surface area contributed by atoms with Crippen molar-refractivity contribution >= 4 is 5.69 Å². The van der Waals surface area contributed by atoms with Crippen LogP contribution in [0.3, 0.4) is 0 Å². The molecular weight excluding hydrogens is 242 g/mol. The Kier molecular flexibility index (Phi) is 4.96. The summed E-state index contributed by atoms with van der Waals surface area (Å²) in [5.41, 5.74) is 0.749. The molecule has 0 amide bonds. The lowest BCUT2D eigenvalue weighted by Crippen LogP contribution is -2.25. The van der Waals surface area contributed by atoms with E-state index in [0.29, 0.717) is 18.6 Å². The lowest BCUT2D eigenvalue weighted by molar-refractivity contribution is 0.0990. The van der Waals surface area contributed by atoms with Crippen LogP contribution >= 0.6 is 0 Å². The predicted molar refractivity (Wildman–Crippen MR) is 75.4 cm³/mol. The molecule has 1 N–H and O–H groups in total. The zero-order chi connectivity index (χ0) is 13.7. The molecule has 5 heteroatoms. The van der Waals surface area contributed by atoms with Crippen molar-refractivity contribution < 1.29 is 4.74 Å². The summed E-state index contributed by atoms with van der Waals surface area (Å²) < 4.78 is 7.06. The summed E-state index contributed by atoms with van der Waals surface area (Å²) in [6.07, 6.45) is 5.12. The van der Waals surface area contributed by atoms with E-state index >= 15 is 0 Å². The Bertz CT molecular complexity index is 450. The summed E-state index contributed by atoms with van der Waals surface area (Å²) in [6.45, 7) is 6.59. The number of aryl methyl sites for hydroxylation is 1. The van der Waals surface area contributed by atoms with Crippen LogP contribution in [0.5, 0.6) is 0 Å². The maximum atomic E-state index is 11.9. The number of anilines is 1. The van der Waals surface area contributed by atoms with Crippen LogP contribution < -0.4 is 10.9 Å². The van der Waals surface area contributed by atoms with E-state index in [2.05, 4.69) is 24.3 Å². The van der Waals surface area contributed by atoms with E-state index in [1.807, 2.05) is 0 Å². The smallest absolute Gasteiger partial charge is 0.268 e. The highest BCUT2D eigenvalue weighted by atomic mass is 16.5. The fraction of sp³-hybridized carbons (Fsp3) is 0.714. The van der Waals surface area contributed by atoms with Gasteiger partial charge in [-0.25, -0.2) is 4.68 Å². The summed E-state index contributed by atoms with van der Waals surface area (Å²) in [5.74, 6) is 0.543. The van der Waals surface area contributed by atoms with E-state index in [1.54, 1.807) is 12.3 Å². The van der Waals surface area contributed by atoms with Crippen LogP contribution in [0.1, 0.15) is 33.1 Å². The molecule has 0 aliphatic carbocycles. The van der Waals surface area contributed by atoms with E-state index in [1.165, 1.54) is 4.68 Å². The SMILES string of the molecule is CC(C)CNc1cnn(CCC2CCCO2)c(=O)c1. The highest BCUT2D eigenvalue weighted by Crippen LogP contribution is 2.15. The van der Waals surface area contributed by atoms with Gasteiger partial charge in [-0.05, 0) is 25.2 Å². The molecule has 1 aromatic rings. The molecule has 1 atom stereocenters. The van der Waals surface area contributed by atoms with Crippen LogP contribution in [0.4, 0.5) is 5.69 Å². The van der Waals surface area contributed by atoms with E-state index < -0.39 is 0 Å². The number of aromatic nitrogens is 2. The first kappa shape index (κ1) is 14.1. The molecule has 1 aliphatic heterocycles. The molecule has 0 saturated carbocycles. The van der Waals surface area contributed by atoms with Crippen molar-refractivity contribution in [3.05, 3.63) is 22.6 Å². The standard InChI is InChI=1S/C14H23N3O2/c1-11(2)9-15-12-8-14(18)17(16-10-12)6-5-13-4-3-7-19-13/h8,10-11,13,15H,3-7,9H2,1-2H3. The third-order valence-electron chi connectivity index (χ3n) is 3.27. The molecule has 0 aromatic carbocycles. The minimum Gasteiger partial charge on any atom is -0.383 e. The van der Waals surface area contributed by atoms with Gasteiger partial charge in [0.25, 0.3) is 5.56 Å². The summed E-state index contributed by atoms with van der Waals surface area (Å²) in [7, 11) is 0. The Morgan fingerprint density at radius 1 is 1.58 bits per heavy atom. The van der Waals surface area contributed by atoms with E-state index in [0.717, 1.165) is 38.1 Å². The predicted octanol–water partition coefficient (Wildman–Crippen LogP) is 1.88. The van der Waals surface area contributed by atoms with Gasteiger partial charge in [0.1, 0.15) is 0 Å². The van der Waals surface area contributed by atoms with Crippen LogP contribution in [0.2, 0.25) is 0 Å². The first-order valence-electron chi connectivity index (χ1n) is 7.08. The molecule has 1 unspecified atom stereocenters. The number of hydrogen-bond donors (Lipinski definition) is 1. The van der Waals surface area contributed by atoms with Crippen LogP contribution in [-0.2, 0) is 11.3 Å². The van der Waals surface area contributed by atoms with Gasteiger partial charge >= 0.3 is 0 Å². The van der Waals surface area contributed by atoms with Crippen molar-refractivity contribution in [3.8, 4) is 0 Å². The van der Waals surface area contributed by atoms with Crippen LogP contribution in [0, 0.1) is 5.92 Å². The van der Waals surface area contributed by atoms with Gasteiger partial charge in [-0.15, -0.1) is 0 Å². The highest BCUT2D eigenvalue weighted by molar-refractivity contribution is 5.38. The second kappa shape index (κ2) is 6.70. The molecule has 106 valence electrons. The summed E-state index contributed by atoms with van der Waals surface area (Å²) >= 11 is 0. The molecular formula is C14H23N3O2. The van der Waals surface area contributed by atoms with Crippen molar-refractivity contribution in [2.75, 3.05) is 18.5 Å². The average Bonchev–Trinajstić information content (AvgIpc) is 2.88. The number of rotatable bonds is 6. The molecule has 1 fully saturated rings. The van der Waals surface area contributed by atoms with Gasteiger partial charge in [-0.3, -0.25) is 4.79 Å². The minimum atomic E-state index is -0.0493. The first-order valence-corrected chi connectivity index (χ1v) is 7.08. The van der Waals surface area contributed by atoms with Crippen molar-refractivity contribution in [3.63, 3.8) is 0 Å². The molecule has 19 heavy (non-hydrogen) atoms. The summed E-state index contributed by atoms with van der Waals surface area (Å²) in [5, 5.41) is 7.41. The molecule has 2 heterocycles. The average molecular weight is 265 g/mol. The zero-order valence-electron chi connectivity index (χ0n) is 11.8. The number of hydrogen-bond acceptors (Lipinski definition) is 4. The third-order valence-corrected chi connectivity index (χ3v) is 3.27. The fourth-order valence-corrected chi connectivity index (χ4v) is 2.16. The van der Waals surface area contributed by atoms with E-state index in [9.17, 15) is 4.79 Å². The monoisotopic (exact) mass is 265 g/mol. The molecule has 5 nitrogen and oxygen atoms in total. The molecule has 1 aromatic heterocycles. The Labute approximate surface area is 114 Å². The third kappa shape index (κ3) is 4.35. The van der Waals surface area contributed by atoms with Gasteiger partial charge in [0.05, 0.1) is 18.0 Å². The Balaban J connectivity index is 1.89. The largest absolute Gasteiger partial charge is 0.383 e. The van der Waals surface area contributed by atoms with Gasteiger partial charge in [-0.2, -0.15) is 5.10 Å². The molecule has 1 saturated heterocycles.